The molecule has 4 rings (SSSR count). The van der Waals surface area contributed by atoms with Gasteiger partial charge in [-0.3, -0.25) is 29.4 Å². The highest BCUT2D eigenvalue weighted by Crippen LogP contribution is 2.27. The second kappa shape index (κ2) is 9.49. The third kappa shape index (κ3) is 4.81. The van der Waals surface area contributed by atoms with Crippen LogP contribution < -0.4 is 5.32 Å². The van der Waals surface area contributed by atoms with Crippen LogP contribution in [0.15, 0.2) is 42.5 Å². The number of hydrogen-bond acceptors (Lipinski definition) is 7. The van der Waals surface area contributed by atoms with Crippen LogP contribution in [0.4, 0.5) is 11.4 Å². The Labute approximate surface area is 188 Å². The number of fused-ring (bicyclic) bond motifs is 1. The van der Waals surface area contributed by atoms with Crippen molar-refractivity contribution >= 4 is 40.9 Å². The number of ether oxygens (including phenoxy) is 1. The van der Waals surface area contributed by atoms with E-state index in [9.17, 15) is 24.5 Å². The number of imide groups is 1. The van der Waals surface area contributed by atoms with Crippen molar-refractivity contribution in [1.29, 1.82) is 0 Å². The second-order valence-electron chi connectivity index (χ2n) is 7.58. The summed E-state index contributed by atoms with van der Waals surface area (Å²) in [7, 11) is 0. The number of hydrogen-bond donors (Lipinski definition) is 1. The van der Waals surface area contributed by atoms with Gasteiger partial charge in [-0.25, -0.2) is 0 Å². The topological polar surface area (TPSA) is 119 Å². The maximum absolute atomic E-state index is 12.7. The SMILES string of the molecule is O=C(CSCc1ccc([N+](=O)[O-])cc1)Nc1ccc2c(c1)C(=O)N(CC1CCCO1)C2=O. The molecule has 2 aliphatic heterocycles. The molecule has 0 bridgehead atoms. The van der Waals surface area contributed by atoms with Gasteiger partial charge in [0, 0.05) is 30.2 Å². The Balaban J connectivity index is 1.31. The molecule has 10 heteroatoms. The fourth-order valence-corrected chi connectivity index (χ4v) is 4.49. The molecule has 0 radical (unpaired) electrons. The van der Waals surface area contributed by atoms with Gasteiger partial charge in [0.1, 0.15) is 0 Å². The fourth-order valence-electron chi connectivity index (χ4n) is 3.70. The van der Waals surface area contributed by atoms with E-state index in [1.165, 1.54) is 34.9 Å². The molecule has 0 saturated carbocycles. The van der Waals surface area contributed by atoms with Crippen molar-refractivity contribution in [2.45, 2.75) is 24.7 Å². The lowest BCUT2D eigenvalue weighted by Crippen LogP contribution is -2.36. The quantitative estimate of drug-likeness (QED) is 0.369. The van der Waals surface area contributed by atoms with Crippen molar-refractivity contribution in [2.75, 3.05) is 24.2 Å². The van der Waals surface area contributed by atoms with E-state index < -0.39 is 4.92 Å². The lowest BCUT2D eigenvalue weighted by molar-refractivity contribution is -0.384. The first-order valence-corrected chi connectivity index (χ1v) is 11.3. The highest BCUT2D eigenvalue weighted by atomic mass is 32.2. The van der Waals surface area contributed by atoms with Gasteiger partial charge in [0.25, 0.3) is 17.5 Å². The van der Waals surface area contributed by atoms with Gasteiger partial charge < -0.3 is 10.1 Å². The van der Waals surface area contributed by atoms with Gasteiger partial charge in [0.15, 0.2) is 0 Å². The van der Waals surface area contributed by atoms with Crippen LogP contribution in [-0.2, 0) is 15.3 Å². The van der Waals surface area contributed by atoms with Gasteiger partial charge in [0.05, 0.1) is 34.5 Å². The summed E-state index contributed by atoms with van der Waals surface area (Å²) in [5.74, 6) is -0.251. The molecule has 9 nitrogen and oxygen atoms in total. The third-order valence-electron chi connectivity index (χ3n) is 5.31. The zero-order chi connectivity index (χ0) is 22.7. The molecule has 1 fully saturated rings. The molecule has 3 amide bonds. The highest BCUT2D eigenvalue weighted by molar-refractivity contribution is 7.99. The molecule has 1 atom stereocenters. The summed E-state index contributed by atoms with van der Waals surface area (Å²) in [5, 5.41) is 13.4. The number of nitrogens with zero attached hydrogens (tertiary/aromatic N) is 2. The molecule has 32 heavy (non-hydrogen) atoms. The molecule has 2 aromatic rings. The standard InChI is InChI=1S/C22H21N3O6S/c26-20(13-32-12-14-3-6-16(7-4-14)25(29)30)23-15-5-8-18-19(10-15)22(28)24(21(18)27)11-17-2-1-9-31-17/h3-8,10,17H,1-2,9,11-13H2,(H,23,26). The van der Waals surface area contributed by atoms with Crippen molar-refractivity contribution in [1.82, 2.24) is 4.90 Å². The molecular formula is C22H21N3O6S. The van der Waals surface area contributed by atoms with Crippen LogP contribution >= 0.6 is 11.8 Å². The summed E-state index contributed by atoms with van der Waals surface area (Å²) >= 11 is 1.37. The molecule has 2 aromatic carbocycles. The molecular weight excluding hydrogens is 434 g/mol. The number of nitro benzene ring substituents is 1. The number of thioether (sulfide) groups is 1. The van der Waals surface area contributed by atoms with Crippen LogP contribution in [0.2, 0.25) is 0 Å². The number of amides is 3. The Hall–Kier alpha value is -3.24. The van der Waals surface area contributed by atoms with E-state index in [2.05, 4.69) is 5.32 Å². The van der Waals surface area contributed by atoms with E-state index in [1.807, 2.05) is 0 Å². The van der Waals surface area contributed by atoms with Crippen molar-refractivity contribution in [3.63, 3.8) is 0 Å². The van der Waals surface area contributed by atoms with Crippen molar-refractivity contribution in [2.24, 2.45) is 0 Å². The van der Waals surface area contributed by atoms with E-state index >= 15 is 0 Å². The van der Waals surface area contributed by atoms with E-state index in [0.717, 1.165) is 18.4 Å². The molecule has 1 unspecified atom stereocenters. The van der Waals surface area contributed by atoms with Crippen LogP contribution in [-0.4, -0.2) is 52.6 Å². The number of benzene rings is 2. The zero-order valence-corrected chi connectivity index (χ0v) is 17.9. The van der Waals surface area contributed by atoms with Crippen LogP contribution in [0.5, 0.6) is 0 Å². The molecule has 1 saturated heterocycles. The normalized spacial score (nSPS) is 17.5. The minimum atomic E-state index is -0.457. The van der Waals surface area contributed by atoms with E-state index in [1.54, 1.807) is 24.3 Å². The van der Waals surface area contributed by atoms with Crippen LogP contribution in [0.25, 0.3) is 0 Å². The summed E-state index contributed by atoms with van der Waals surface area (Å²) < 4.78 is 5.54. The summed E-state index contributed by atoms with van der Waals surface area (Å²) in [6.07, 6.45) is 1.63. The average Bonchev–Trinajstić information content (AvgIpc) is 3.37. The third-order valence-corrected chi connectivity index (χ3v) is 6.32. The number of nitrogens with one attached hydrogen (secondary N) is 1. The number of carbonyl (C=O) groups excluding carboxylic acids is 3. The van der Waals surface area contributed by atoms with Gasteiger partial charge in [-0.1, -0.05) is 12.1 Å². The molecule has 166 valence electrons. The molecule has 1 N–H and O–H groups in total. The second-order valence-corrected chi connectivity index (χ2v) is 8.57. The van der Waals surface area contributed by atoms with E-state index in [4.69, 9.17) is 4.74 Å². The van der Waals surface area contributed by atoms with Gasteiger partial charge in [-0.15, -0.1) is 11.8 Å². The van der Waals surface area contributed by atoms with Gasteiger partial charge >= 0.3 is 0 Å². The fraction of sp³-hybridized carbons (Fsp3) is 0.318. The maximum atomic E-state index is 12.7. The van der Waals surface area contributed by atoms with Crippen molar-refractivity contribution < 1.29 is 24.0 Å². The Morgan fingerprint density at radius 1 is 1.16 bits per heavy atom. The largest absolute Gasteiger partial charge is 0.376 e. The molecule has 2 aliphatic rings. The number of rotatable bonds is 8. The Morgan fingerprint density at radius 3 is 2.59 bits per heavy atom. The maximum Gasteiger partial charge on any atom is 0.269 e. The van der Waals surface area contributed by atoms with Crippen LogP contribution in [0, 0.1) is 10.1 Å². The molecule has 0 aromatic heterocycles. The minimum absolute atomic E-state index is 0.0236. The molecule has 2 heterocycles. The van der Waals surface area contributed by atoms with E-state index in [0.29, 0.717) is 23.6 Å². The predicted octanol–water partition coefficient (Wildman–Crippen LogP) is 3.24. The zero-order valence-electron chi connectivity index (χ0n) is 17.1. The Bertz CT molecular complexity index is 1070. The summed E-state index contributed by atoms with van der Waals surface area (Å²) in [4.78, 5) is 49.0. The van der Waals surface area contributed by atoms with Crippen LogP contribution in [0.1, 0.15) is 39.1 Å². The minimum Gasteiger partial charge on any atom is -0.376 e. The Morgan fingerprint density at radius 2 is 1.91 bits per heavy atom. The smallest absolute Gasteiger partial charge is 0.269 e. The monoisotopic (exact) mass is 455 g/mol. The number of carbonyl (C=O) groups is 3. The summed E-state index contributed by atoms with van der Waals surface area (Å²) in [6, 6.07) is 10.9. The average molecular weight is 455 g/mol. The predicted molar refractivity (Wildman–Crippen MR) is 119 cm³/mol. The van der Waals surface area contributed by atoms with Gasteiger partial charge in [-0.2, -0.15) is 0 Å². The molecule has 0 aliphatic carbocycles. The van der Waals surface area contributed by atoms with Crippen molar-refractivity contribution in [3.8, 4) is 0 Å². The number of non-ortho nitro benzene ring substituents is 1. The van der Waals surface area contributed by atoms with Crippen LogP contribution in [0.3, 0.4) is 0 Å². The van der Waals surface area contributed by atoms with E-state index in [-0.39, 0.29) is 47.4 Å². The lowest BCUT2D eigenvalue weighted by Gasteiger charge is -2.17. The van der Waals surface area contributed by atoms with Crippen molar-refractivity contribution in [3.05, 3.63) is 69.3 Å². The van der Waals surface area contributed by atoms with Gasteiger partial charge in [0.2, 0.25) is 5.91 Å². The summed E-state index contributed by atoms with van der Waals surface area (Å²) in [6.45, 7) is 0.888. The number of nitro groups is 1. The van der Waals surface area contributed by atoms with Gasteiger partial charge in [-0.05, 0) is 36.6 Å². The summed E-state index contributed by atoms with van der Waals surface area (Å²) in [5.41, 5.74) is 1.96. The molecule has 0 spiro atoms. The number of anilines is 1. The first-order valence-electron chi connectivity index (χ1n) is 10.1. The Kier molecular flexibility index (Phi) is 6.52. The lowest BCUT2D eigenvalue weighted by atomic mass is 10.1. The first kappa shape index (κ1) is 22.0. The first-order chi connectivity index (χ1) is 15.4. The highest BCUT2D eigenvalue weighted by Gasteiger charge is 2.37.